The molecule has 1 unspecified atom stereocenters. The van der Waals surface area contributed by atoms with Crippen LogP contribution in [0.3, 0.4) is 0 Å². The maximum Gasteiger partial charge on any atom is 0.237 e. The first-order valence-corrected chi connectivity index (χ1v) is 16.2. The Morgan fingerprint density at radius 3 is 1.81 bits per heavy atom. The van der Waals surface area contributed by atoms with E-state index in [4.69, 9.17) is 9.97 Å². The summed E-state index contributed by atoms with van der Waals surface area (Å²) in [4.78, 5) is 9.53. The van der Waals surface area contributed by atoms with Gasteiger partial charge < -0.3 is 0 Å². The molecule has 5 aromatic carbocycles. The molecule has 210 valence electrons. The summed E-state index contributed by atoms with van der Waals surface area (Å²) in [5.74, 6) is 0.719. The van der Waals surface area contributed by atoms with Gasteiger partial charge in [-0.2, -0.15) is 0 Å². The Bertz CT molecular complexity index is 1980. The van der Waals surface area contributed by atoms with Crippen molar-refractivity contribution in [2.45, 2.75) is 26.2 Å². The quantitative estimate of drug-likeness (QED) is 0.196. The van der Waals surface area contributed by atoms with Crippen LogP contribution >= 0.6 is 7.29 Å². The predicted octanol–water partition coefficient (Wildman–Crippen LogP) is 9.16. The monoisotopic (exact) mass is 577 g/mol. The molecule has 1 aromatic heterocycles. The zero-order valence-corrected chi connectivity index (χ0v) is 25.4. The second-order valence-electron chi connectivity index (χ2n) is 11.9. The molecule has 0 saturated carbocycles. The minimum atomic E-state index is -3.54. The van der Waals surface area contributed by atoms with Crippen LogP contribution in [-0.4, -0.2) is 9.97 Å². The molecule has 0 bridgehead atoms. The topological polar surface area (TPSA) is 46.1 Å². The number of para-hydroxylation sites is 1. The Labute approximate surface area is 253 Å². The lowest BCUT2D eigenvalue weighted by molar-refractivity contribution is 0.545. The maximum absolute atomic E-state index is 16.2. The molecule has 0 aliphatic carbocycles. The normalized spacial score (nSPS) is 15.9. The minimum Gasteiger partial charge on any atom is -0.289 e. The summed E-state index contributed by atoms with van der Waals surface area (Å²) in [6.07, 6.45) is 3.55. The number of benzene rings is 5. The van der Waals surface area contributed by atoms with Gasteiger partial charge in [-0.1, -0.05) is 124 Å². The van der Waals surface area contributed by atoms with Crippen LogP contribution in [0.4, 0.5) is 11.4 Å². The van der Waals surface area contributed by atoms with Gasteiger partial charge in [-0.3, -0.25) is 9.24 Å². The van der Waals surface area contributed by atoms with Gasteiger partial charge in [0.15, 0.2) is 0 Å². The minimum absolute atomic E-state index is 0.228. The van der Waals surface area contributed by atoms with E-state index < -0.39 is 7.29 Å². The van der Waals surface area contributed by atoms with E-state index in [-0.39, 0.29) is 5.41 Å². The van der Waals surface area contributed by atoms with Crippen LogP contribution in [-0.2, 0) is 9.98 Å². The molecule has 2 heterocycles. The standard InChI is InChI=1S/C38H32N3OP/c1-38(2,3)37-39-25-32(26-40-37)43(42)36-24-30(28-15-8-5-9-16-28)21-22-34(36)33-19-10-11-20-35(33)41(43)31-18-12-17-29(23-31)27-13-6-4-7-14-27/h4-26H,1-3H3. The molecule has 43 heavy (non-hydrogen) atoms. The lowest BCUT2D eigenvalue weighted by Gasteiger charge is -2.40. The molecule has 0 N–H and O–H groups in total. The Balaban J connectivity index is 1.52. The van der Waals surface area contributed by atoms with Crippen LogP contribution in [0.1, 0.15) is 26.6 Å². The number of aromatic nitrogens is 2. The Morgan fingerprint density at radius 1 is 0.581 bits per heavy atom. The zero-order valence-electron chi connectivity index (χ0n) is 24.5. The molecule has 7 rings (SSSR count). The smallest absolute Gasteiger partial charge is 0.237 e. The molecule has 0 saturated heterocycles. The molecule has 1 aliphatic heterocycles. The van der Waals surface area contributed by atoms with Gasteiger partial charge in [0, 0.05) is 34.4 Å². The van der Waals surface area contributed by atoms with Crippen LogP contribution in [0.5, 0.6) is 0 Å². The van der Waals surface area contributed by atoms with Crippen LogP contribution in [0.25, 0.3) is 33.4 Å². The van der Waals surface area contributed by atoms with E-state index in [2.05, 4.69) is 87.5 Å². The molecule has 0 amide bonds. The maximum atomic E-state index is 16.2. The van der Waals surface area contributed by atoms with Gasteiger partial charge >= 0.3 is 0 Å². The van der Waals surface area contributed by atoms with Crippen molar-refractivity contribution in [2.24, 2.45) is 0 Å². The highest BCUT2D eigenvalue weighted by molar-refractivity contribution is 7.80. The molecule has 0 spiro atoms. The summed E-state index contributed by atoms with van der Waals surface area (Å²) in [5.41, 5.74) is 7.80. The van der Waals surface area contributed by atoms with Gasteiger partial charge in [0.2, 0.25) is 7.29 Å². The highest BCUT2D eigenvalue weighted by Gasteiger charge is 2.44. The van der Waals surface area contributed by atoms with Crippen molar-refractivity contribution in [2.75, 3.05) is 4.67 Å². The zero-order chi connectivity index (χ0) is 29.6. The van der Waals surface area contributed by atoms with E-state index in [1.165, 1.54) is 0 Å². The van der Waals surface area contributed by atoms with Gasteiger partial charge in [-0.15, -0.1) is 0 Å². The number of hydrogen-bond donors (Lipinski definition) is 0. The van der Waals surface area contributed by atoms with E-state index >= 15 is 4.57 Å². The van der Waals surface area contributed by atoms with E-state index in [1.807, 2.05) is 65.3 Å². The second-order valence-corrected chi connectivity index (χ2v) is 14.5. The molecule has 6 aromatic rings. The Morgan fingerprint density at radius 2 is 1.16 bits per heavy atom. The van der Waals surface area contributed by atoms with Crippen molar-refractivity contribution in [1.29, 1.82) is 0 Å². The van der Waals surface area contributed by atoms with Crippen molar-refractivity contribution in [1.82, 2.24) is 9.97 Å². The lowest BCUT2D eigenvalue weighted by Crippen LogP contribution is -2.34. The molecule has 5 heteroatoms. The highest BCUT2D eigenvalue weighted by atomic mass is 31.2. The average Bonchev–Trinajstić information content (AvgIpc) is 3.05. The van der Waals surface area contributed by atoms with Crippen LogP contribution in [0, 0.1) is 0 Å². The highest BCUT2D eigenvalue weighted by Crippen LogP contribution is 2.61. The van der Waals surface area contributed by atoms with Gasteiger partial charge in [-0.05, 0) is 52.1 Å². The SMILES string of the molecule is CC(C)(C)c1ncc(P2(=O)c3cc(-c4ccccc4)ccc3-c3ccccc3N2c2cccc(-c3ccccc3)c2)cn1. The fraction of sp³-hybridized carbons (Fsp3) is 0.105. The van der Waals surface area contributed by atoms with Gasteiger partial charge in [0.25, 0.3) is 0 Å². The van der Waals surface area contributed by atoms with E-state index in [9.17, 15) is 0 Å². The molecular weight excluding hydrogens is 545 g/mol. The number of nitrogens with zero attached hydrogens (tertiary/aromatic N) is 3. The molecule has 0 fully saturated rings. The number of hydrogen-bond acceptors (Lipinski definition) is 3. The Hall–Kier alpha value is -4.79. The third-order valence-electron chi connectivity index (χ3n) is 7.99. The molecular formula is C38H32N3OP. The fourth-order valence-corrected chi connectivity index (χ4v) is 8.75. The first kappa shape index (κ1) is 27.1. The van der Waals surface area contributed by atoms with Gasteiger partial charge in [-0.25, -0.2) is 9.97 Å². The first-order chi connectivity index (χ1) is 20.8. The predicted molar refractivity (Wildman–Crippen MR) is 179 cm³/mol. The molecule has 1 aliphatic rings. The number of rotatable bonds is 4. The lowest BCUT2D eigenvalue weighted by atomic mass is 9.96. The van der Waals surface area contributed by atoms with Crippen molar-refractivity contribution in [3.63, 3.8) is 0 Å². The summed E-state index contributed by atoms with van der Waals surface area (Å²) in [7, 11) is -3.54. The first-order valence-electron chi connectivity index (χ1n) is 14.5. The summed E-state index contributed by atoms with van der Waals surface area (Å²) < 4.78 is 18.2. The van der Waals surface area contributed by atoms with Crippen LogP contribution in [0.2, 0.25) is 0 Å². The number of fused-ring (bicyclic) bond motifs is 3. The summed E-state index contributed by atoms with van der Waals surface area (Å²) >= 11 is 0. The van der Waals surface area contributed by atoms with Crippen molar-refractivity contribution in [3.05, 3.63) is 146 Å². The largest absolute Gasteiger partial charge is 0.289 e. The van der Waals surface area contributed by atoms with Gasteiger partial charge in [0.05, 0.1) is 11.0 Å². The Kier molecular flexibility index (Phi) is 6.60. The third-order valence-corrected chi connectivity index (χ3v) is 11.0. The van der Waals surface area contributed by atoms with Crippen LogP contribution in [0.15, 0.2) is 140 Å². The summed E-state index contributed by atoms with van der Waals surface area (Å²) in [6, 6.07) is 43.5. The summed E-state index contributed by atoms with van der Waals surface area (Å²) in [6.45, 7) is 6.26. The third kappa shape index (κ3) is 4.69. The van der Waals surface area contributed by atoms with Crippen LogP contribution < -0.4 is 15.3 Å². The molecule has 4 nitrogen and oxygen atoms in total. The van der Waals surface area contributed by atoms with Gasteiger partial charge in [0.1, 0.15) is 5.82 Å². The van der Waals surface area contributed by atoms with Crippen molar-refractivity contribution < 1.29 is 4.57 Å². The number of anilines is 2. The van der Waals surface area contributed by atoms with E-state index in [0.717, 1.165) is 55.9 Å². The van der Waals surface area contributed by atoms with Crippen molar-refractivity contribution >= 4 is 29.3 Å². The van der Waals surface area contributed by atoms with E-state index in [1.54, 1.807) is 12.4 Å². The summed E-state index contributed by atoms with van der Waals surface area (Å²) in [5, 5.41) is 1.39. The fourth-order valence-electron chi connectivity index (χ4n) is 5.83. The molecule has 0 radical (unpaired) electrons. The molecule has 1 atom stereocenters. The van der Waals surface area contributed by atoms with Crippen molar-refractivity contribution in [3.8, 4) is 33.4 Å². The average molecular weight is 578 g/mol. The van der Waals surface area contributed by atoms with E-state index in [0.29, 0.717) is 5.30 Å². The second kappa shape index (κ2) is 10.5.